The number of anilines is 1. The molecule has 1 aliphatic heterocycles. The molecule has 2 heterocycles. The average molecular weight is 420 g/mol. The van der Waals surface area contributed by atoms with Gasteiger partial charge in [0.1, 0.15) is 11.3 Å². The number of nitrogens with one attached hydrogen (secondary N) is 1. The zero-order chi connectivity index (χ0) is 21.3. The number of halogens is 3. The molecule has 1 fully saturated rings. The van der Waals surface area contributed by atoms with Crippen molar-refractivity contribution >= 4 is 16.7 Å². The zero-order valence-electron chi connectivity index (χ0n) is 16.1. The van der Waals surface area contributed by atoms with Crippen LogP contribution in [0.5, 0.6) is 11.5 Å². The normalized spacial score (nSPS) is 14.7. The van der Waals surface area contributed by atoms with Crippen molar-refractivity contribution in [2.45, 2.75) is 6.36 Å². The fourth-order valence-electron chi connectivity index (χ4n) is 3.44. The van der Waals surface area contributed by atoms with Crippen LogP contribution in [-0.2, 0) is 0 Å². The van der Waals surface area contributed by atoms with Crippen molar-refractivity contribution in [2.24, 2.45) is 0 Å². The van der Waals surface area contributed by atoms with Crippen LogP contribution in [0.2, 0.25) is 0 Å². The molecule has 158 valence electrons. The average Bonchev–Trinajstić information content (AvgIpc) is 2.73. The van der Waals surface area contributed by atoms with E-state index in [0.29, 0.717) is 11.0 Å². The minimum absolute atomic E-state index is 0.0834. The second-order valence-corrected chi connectivity index (χ2v) is 6.81. The highest BCUT2D eigenvalue weighted by molar-refractivity contribution is 5.82. The summed E-state index contributed by atoms with van der Waals surface area (Å²) in [5.74, 6) is -0.462. The van der Waals surface area contributed by atoms with E-state index < -0.39 is 12.1 Å². The first-order valence-corrected chi connectivity index (χ1v) is 9.32. The van der Waals surface area contributed by atoms with Gasteiger partial charge in [-0.05, 0) is 36.4 Å². The van der Waals surface area contributed by atoms with Crippen LogP contribution in [0.1, 0.15) is 0 Å². The molecule has 3 aromatic rings. The summed E-state index contributed by atoms with van der Waals surface area (Å²) in [7, 11) is 1.24. The molecule has 0 bridgehead atoms. The van der Waals surface area contributed by atoms with E-state index in [4.69, 9.17) is 9.15 Å². The van der Waals surface area contributed by atoms with E-state index in [-0.39, 0.29) is 22.5 Å². The third-order valence-corrected chi connectivity index (χ3v) is 4.87. The number of ether oxygens (including phenoxy) is 2. The van der Waals surface area contributed by atoms with E-state index in [1.54, 1.807) is 12.1 Å². The predicted octanol–water partition coefficient (Wildman–Crippen LogP) is 3.78. The number of piperazine rings is 1. The van der Waals surface area contributed by atoms with E-state index in [1.807, 2.05) is 6.07 Å². The quantitative estimate of drug-likeness (QED) is 0.693. The van der Waals surface area contributed by atoms with Gasteiger partial charge in [0.2, 0.25) is 0 Å². The standard InChI is InChI=1S/C21H19F3N2O4/c1-28-18-4-2-13(10-20(18)30-21(22,23)24)19-12-16(27)15-11-14(3-5-17(15)29-19)26-8-6-25-7-9-26/h2-5,10-12,25H,6-9H2,1H3. The van der Waals surface area contributed by atoms with Crippen LogP contribution in [0, 0.1) is 0 Å². The molecule has 9 heteroatoms. The molecule has 2 aromatic carbocycles. The van der Waals surface area contributed by atoms with Crippen LogP contribution in [-0.4, -0.2) is 39.7 Å². The molecular weight excluding hydrogens is 401 g/mol. The highest BCUT2D eigenvalue weighted by Gasteiger charge is 2.32. The topological polar surface area (TPSA) is 63.9 Å². The smallest absolute Gasteiger partial charge is 0.493 e. The van der Waals surface area contributed by atoms with Gasteiger partial charge in [0.25, 0.3) is 0 Å². The summed E-state index contributed by atoms with van der Waals surface area (Å²) in [6, 6.07) is 10.6. The molecule has 0 unspecified atom stereocenters. The van der Waals surface area contributed by atoms with E-state index in [9.17, 15) is 18.0 Å². The molecule has 1 N–H and O–H groups in total. The number of benzene rings is 2. The number of alkyl halides is 3. The Hall–Kier alpha value is -3.20. The van der Waals surface area contributed by atoms with E-state index >= 15 is 0 Å². The number of fused-ring (bicyclic) bond motifs is 1. The van der Waals surface area contributed by atoms with Gasteiger partial charge < -0.3 is 24.1 Å². The van der Waals surface area contributed by atoms with E-state index in [1.165, 1.54) is 25.3 Å². The SMILES string of the molecule is COc1ccc(-c2cc(=O)c3cc(N4CCNCC4)ccc3o2)cc1OC(F)(F)F. The highest BCUT2D eigenvalue weighted by Crippen LogP contribution is 2.36. The number of nitrogens with zero attached hydrogens (tertiary/aromatic N) is 1. The molecule has 0 radical (unpaired) electrons. The highest BCUT2D eigenvalue weighted by atomic mass is 19.4. The van der Waals surface area contributed by atoms with Crippen molar-refractivity contribution < 1.29 is 27.1 Å². The second kappa shape index (κ2) is 7.91. The molecular formula is C21H19F3N2O4. The van der Waals surface area contributed by atoms with Gasteiger partial charge in [0.15, 0.2) is 16.9 Å². The fourth-order valence-corrected chi connectivity index (χ4v) is 3.44. The summed E-state index contributed by atoms with van der Waals surface area (Å²) < 4.78 is 52.9. The van der Waals surface area contributed by atoms with Crippen LogP contribution in [0.25, 0.3) is 22.3 Å². The Morgan fingerprint density at radius 2 is 1.80 bits per heavy atom. The van der Waals surface area contributed by atoms with Gasteiger partial charge in [0.05, 0.1) is 12.5 Å². The molecule has 1 aliphatic rings. The Morgan fingerprint density at radius 1 is 1.03 bits per heavy atom. The Labute approximate surface area is 169 Å². The van der Waals surface area contributed by atoms with E-state index in [2.05, 4.69) is 15.0 Å². The summed E-state index contributed by atoms with van der Waals surface area (Å²) in [5, 5.41) is 3.69. The molecule has 1 aromatic heterocycles. The van der Waals surface area contributed by atoms with Crippen LogP contribution < -0.4 is 25.1 Å². The molecule has 0 saturated carbocycles. The summed E-state index contributed by atoms with van der Waals surface area (Å²) in [6.07, 6.45) is -4.88. The molecule has 0 aliphatic carbocycles. The third-order valence-electron chi connectivity index (χ3n) is 4.87. The van der Waals surface area contributed by atoms with Crippen LogP contribution in [0.3, 0.4) is 0 Å². The van der Waals surface area contributed by atoms with Gasteiger partial charge >= 0.3 is 6.36 Å². The third kappa shape index (κ3) is 4.20. The lowest BCUT2D eigenvalue weighted by Crippen LogP contribution is -2.43. The van der Waals surface area contributed by atoms with Gasteiger partial charge in [-0.15, -0.1) is 13.2 Å². The van der Waals surface area contributed by atoms with Gasteiger partial charge in [-0.3, -0.25) is 4.79 Å². The minimum Gasteiger partial charge on any atom is -0.493 e. The number of rotatable bonds is 4. The minimum atomic E-state index is -4.88. The Bertz CT molecular complexity index is 1120. The van der Waals surface area contributed by atoms with Gasteiger partial charge in [0, 0.05) is 43.5 Å². The Balaban J connectivity index is 1.73. The van der Waals surface area contributed by atoms with Crippen molar-refractivity contribution in [2.75, 3.05) is 38.2 Å². The lowest BCUT2D eigenvalue weighted by atomic mass is 10.1. The monoisotopic (exact) mass is 420 g/mol. The first-order valence-electron chi connectivity index (χ1n) is 9.32. The van der Waals surface area contributed by atoms with E-state index in [0.717, 1.165) is 37.9 Å². The Kier molecular flexibility index (Phi) is 5.29. The second-order valence-electron chi connectivity index (χ2n) is 6.81. The van der Waals surface area contributed by atoms with Crippen LogP contribution in [0.4, 0.5) is 18.9 Å². The van der Waals surface area contributed by atoms with Gasteiger partial charge in [-0.25, -0.2) is 0 Å². The van der Waals surface area contributed by atoms with Crippen molar-refractivity contribution in [3.8, 4) is 22.8 Å². The van der Waals surface area contributed by atoms with Crippen LogP contribution >= 0.6 is 0 Å². The maximum Gasteiger partial charge on any atom is 0.573 e. The lowest BCUT2D eigenvalue weighted by Gasteiger charge is -2.29. The number of hydrogen-bond donors (Lipinski definition) is 1. The first kappa shape index (κ1) is 20.1. The largest absolute Gasteiger partial charge is 0.573 e. The molecule has 1 saturated heterocycles. The fraction of sp³-hybridized carbons (Fsp3) is 0.286. The molecule has 30 heavy (non-hydrogen) atoms. The molecule has 0 atom stereocenters. The maximum atomic E-state index is 12.7. The van der Waals surface area contributed by atoms with Gasteiger partial charge in [-0.2, -0.15) is 0 Å². The number of methoxy groups -OCH3 is 1. The van der Waals surface area contributed by atoms with Crippen molar-refractivity contribution in [3.05, 3.63) is 52.7 Å². The summed E-state index contributed by atoms with van der Waals surface area (Å²) >= 11 is 0. The lowest BCUT2D eigenvalue weighted by molar-refractivity contribution is -0.275. The van der Waals surface area contributed by atoms with Crippen molar-refractivity contribution in [3.63, 3.8) is 0 Å². The Morgan fingerprint density at radius 3 is 2.50 bits per heavy atom. The molecule has 0 amide bonds. The number of hydrogen-bond acceptors (Lipinski definition) is 6. The summed E-state index contributed by atoms with van der Waals surface area (Å²) in [5.41, 5.74) is 1.26. The zero-order valence-corrected chi connectivity index (χ0v) is 16.1. The predicted molar refractivity (Wildman–Crippen MR) is 106 cm³/mol. The first-order chi connectivity index (χ1) is 14.3. The van der Waals surface area contributed by atoms with Crippen molar-refractivity contribution in [1.29, 1.82) is 0 Å². The summed E-state index contributed by atoms with van der Waals surface area (Å²) in [4.78, 5) is 14.9. The molecule has 0 spiro atoms. The molecule has 6 nitrogen and oxygen atoms in total. The maximum absolute atomic E-state index is 12.7. The van der Waals surface area contributed by atoms with Gasteiger partial charge in [-0.1, -0.05) is 0 Å². The van der Waals surface area contributed by atoms with Crippen molar-refractivity contribution in [1.82, 2.24) is 5.32 Å². The summed E-state index contributed by atoms with van der Waals surface area (Å²) in [6.45, 7) is 3.41. The van der Waals surface area contributed by atoms with Crippen LogP contribution in [0.15, 0.2) is 51.7 Å². The molecule has 4 rings (SSSR count).